The van der Waals surface area contributed by atoms with Gasteiger partial charge in [-0.15, -0.1) is 0 Å². The number of rotatable bonds is 6. The minimum absolute atomic E-state index is 0.0228. The zero-order valence-electron chi connectivity index (χ0n) is 23.1. The predicted octanol–water partition coefficient (Wildman–Crippen LogP) is 5.96. The highest BCUT2D eigenvalue weighted by atomic mass is 16.4. The third-order valence-electron chi connectivity index (χ3n) is 8.37. The molecular formula is C34H31N5O3. The van der Waals surface area contributed by atoms with Gasteiger partial charge in [-0.25, -0.2) is 14.6 Å². The van der Waals surface area contributed by atoms with E-state index in [4.69, 9.17) is 4.99 Å². The number of nitrogens with one attached hydrogen (secondary N) is 1. The molecule has 0 unspecified atom stereocenters. The Morgan fingerprint density at radius 3 is 2.40 bits per heavy atom. The molecule has 2 aliphatic heterocycles. The maximum Gasteiger partial charge on any atom is 0.335 e. The highest BCUT2D eigenvalue weighted by molar-refractivity contribution is 6.12. The minimum Gasteiger partial charge on any atom is -0.478 e. The molecule has 0 atom stereocenters. The van der Waals surface area contributed by atoms with Gasteiger partial charge in [0.05, 0.1) is 28.8 Å². The predicted molar refractivity (Wildman–Crippen MR) is 165 cm³/mol. The molecule has 0 amide bonds. The average molecular weight is 558 g/mol. The number of aromatic amines is 1. The zero-order valence-corrected chi connectivity index (χ0v) is 23.1. The van der Waals surface area contributed by atoms with Gasteiger partial charge >= 0.3 is 11.7 Å². The summed E-state index contributed by atoms with van der Waals surface area (Å²) in [7, 11) is 0. The van der Waals surface area contributed by atoms with E-state index in [1.807, 2.05) is 59.2 Å². The number of carboxylic acids is 1. The Bertz CT molecular complexity index is 1850. The lowest BCUT2D eigenvalue weighted by molar-refractivity contribution is 0.0696. The van der Waals surface area contributed by atoms with Crippen LogP contribution in [0.2, 0.25) is 0 Å². The van der Waals surface area contributed by atoms with Crippen molar-refractivity contribution in [1.29, 1.82) is 0 Å². The maximum absolute atomic E-state index is 12.7. The number of carboxylic acid groups (broad SMARTS) is 1. The molecule has 2 aliphatic rings. The lowest BCUT2D eigenvalue weighted by atomic mass is 10.0. The summed E-state index contributed by atoms with van der Waals surface area (Å²) >= 11 is 0. The number of aromatic nitrogens is 2. The Hall–Kier alpha value is -4.95. The summed E-state index contributed by atoms with van der Waals surface area (Å²) in [6.07, 6.45) is 1.87. The second-order valence-corrected chi connectivity index (χ2v) is 11.0. The molecule has 0 spiro atoms. The Labute approximate surface area is 243 Å². The molecule has 0 saturated carbocycles. The number of aliphatic imine (C=N–C) groups is 1. The Balaban J connectivity index is 1.08. The van der Waals surface area contributed by atoms with Crippen LogP contribution in [0.25, 0.3) is 11.0 Å². The maximum atomic E-state index is 12.7. The summed E-state index contributed by atoms with van der Waals surface area (Å²) < 4.78 is 1.94. The van der Waals surface area contributed by atoms with Crippen molar-refractivity contribution in [2.75, 3.05) is 18.0 Å². The highest BCUT2D eigenvalue weighted by Gasteiger charge is 2.25. The number of hydrogen-bond donors (Lipinski definition) is 2. The first kappa shape index (κ1) is 26.0. The van der Waals surface area contributed by atoms with Gasteiger partial charge in [0.25, 0.3) is 0 Å². The lowest BCUT2D eigenvalue weighted by Crippen LogP contribution is -2.36. The molecule has 42 heavy (non-hydrogen) atoms. The summed E-state index contributed by atoms with van der Waals surface area (Å²) in [5.41, 5.74) is 7.05. The van der Waals surface area contributed by atoms with E-state index in [0.29, 0.717) is 6.54 Å². The van der Waals surface area contributed by atoms with Gasteiger partial charge in [0.2, 0.25) is 0 Å². The minimum atomic E-state index is -0.939. The number of imidazole rings is 1. The van der Waals surface area contributed by atoms with E-state index in [-0.39, 0.29) is 17.3 Å². The fourth-order valence-electron chi connectivity index (χ4n) is 6.21. The molecule has 7 rings (SSSR count). The third-order valence-corrected chi connectivity index (χ3v) is 8.37. The molecule has 5 aromatic rings. The quantitative estimate of drug-likeness (QED) is 0.269. The van der Waals surface area contributed by atoms with Gasteiger partial charge in [-0.05, 0) is 66.4 Å². The monoisotopic (exact) mass is 557 g/mol. The number of amidine groups is 1. The number of benzene rings is 4. The normalized spacial score (nSPS) is 15.9. The summed E-state index contributed by atoms with van der Waals surface area (Å²) in [6, 6.07) is 31.9. The zero-order chi connectivity index (χ0) is 28.6. The second-order valence-electron chi connectivity index (χ2n) is 11.0. The topological polar surface area (TPSA) is 93.9 Å². The number of anilines is 1. The summed E-state index contributed by atoms with van der Waals surface area (Å²) in [5, 5.41) is 9.48. The second kappa shape index (κ2) is 10.8. The van der Waals surface area contributed by atoms with Crippen molar-refractivity contribution >= 4 is 34.2 Å². The molecule has 0 radical (unpaired) electrons. The van der Waals surface area contributed by atoms with E-state index in [2.05, 4.69) is 39.0 Å². The largest absolute Gasteiger partial charge is 0.478 e. The van der Waals surface area contributed by atoms with Crippen molar-refractivity contribution in [3.63, 3.8) is 0 Å². The van der Waals surface area contributed by atoms with Gasteiger partial charge in [-0.1, -0.05) is 54.6 Å². The Kier molecular flexibility index (Phi) is 6.68. The van der Waals surface area contributed by atoms with Crippen LogP contribution in [-0.4, -0.2) is 44.5 Å². The number of H-pyrrole nitrogens is 1. The van der Waals surface area contributed by atoms with Crippen LogP contribution in [0.15, 0.2) is 107 Å². The van der Waals surface area contributed by atoms with E-state index in [1.54, 1.807) is 18.2 Å². The first-order valence-corrected chi connectivity index (χ1v) is 14.3. The molecule has 3 heterocycles. The number of fused-ring (bicyclic) bond motifs is 2. The fraction of sp³-hybridized carbons (Fsp3) is 0.206. The van der Waals surface area contributed by atoms with Crippen LogP contribution >= 0.6 is 0 Å². The van der Waals surface area contributed by atoms with Gasteiger partial charge in [-0.3, -0.25) is 9.47 Å². The Morgan fingerprint density at radius 1 is 0.905 bits per heavy atom. The van der Waals surface area contributed by atoms with Crippen molar-refractivity contribution in [3.8, 4) is 0 Å². The molecule has 1 saturated heterocycles. The van der Waals surface area contributed by atoms with Crippen LogP contribution < -0.4 is 10.6 Å². The van der Waals surface area contributed by atoms with E-state index in [0.717, 1.165) is 71.8 Å². The van der Waals surface area contributed by atoms with E-state index < -0.39 is 5.97 Å². The highest BCUT2D eigenvalue weighted by Crippen LogP contribution is 2.33. The van der Waals surface area contributed by atoms with Gasteiger partial charge < -0.3 is 15.0 Å². The summed E-state index contributed by atoms with van der Waals surface area (Å²) in [4.78, 5) is 36.8. The molecule has 4 aromatic carbocycles. The smallest absolute Gasteiger partial charge is 0.335 e. The van der Waals surface area contributed by atoms with E-state index in [9.17, 15) is 14.7 Å². The molecule has 1 aromatic heterocycles. The number of hydrogen-bond acceptors (Lipinski definition) is 5. The van der Waals surface area contributed by atoms with Crippen molar-refractivity contribution in [2.45, 2.75) is 32.0 Å². The molecule has 8 heteroatoms. The van der Waals surface area contributed by atoms with E-state index >= 15 is 0 Å². The molecule has 8 nitrogen and oxygen atoms in total. The number of likely N-dealkylation sites (tertiary alicyclic amines) is 1. The van der Waals surface area contributed by atoms with Crippen LogP contribution in [0, 0.1) is 0 Å². The van der Waals surface area contributed by atoms with Crippen LogP contribution in [0.4, 0.5) is 11.4 Å². The van der Waals surface area contributed by atoms with Crippen LogP contribution in [-0.2, 0) is 13.1 Å². The molecule has 2 N–H and O–H groups in total. The van der Waals surface area contributed by atoms with Gasteiger partial charge in [0.1, 0.15) is 5.84 Å². The van der Waals surface area contributed by atoms with Crippen molar-refractivity contribution in [3.05, 3.63) is 130 Å². The van der Waals surface area contributed by atoms with Gasteiger partial charge in [-0.2, -0.15) is 0 Å². The number of carbonyl (C=O) groups is 1. The van der Waals surface area contributed by atoms with Gasteiger partial charge in [0.15, 0.2) is 0 Å². The fourth-order valence-corrected chi connectivity index (χ4v) is 6.21. The number of aromatic carboxylic acids is 1. The average Bonchev–Trinajstić information content (AvgIpc) is 3.37. The van der Waals surface area contributed by atoms with Crippen LogP contribution in [0.3, 0.4) is 0 Å². The standard InChI is InChI=1S/C34H31N5O3/c40-33(41)25-14-15-29-26(20-25)22-38(27-6-2-1-3-7-27)32(35-29)24-12-10-23(11-13-24)21-37-18-16-28(17-19-37)39-31-9-5-4-8-30(31)36-34(39)42/h1-15,20,28H,16-19,21-22H2,(H,36,42)(H,40,41). The van der Waals surface area contributed by atoms with Crippen molar-refractivity contribution in [1.82, 2.24) is 14.5 Å². The first-order chi connectivity index (χ1) is 20.5. The molecular weight excluding hydrogens is 526 g/mol. The molecule has 1 fully saturated rings. The van der Waals surface area contributed by atoms with E-state index in [1.165, 1.54) is 5.56 Å². The third kappa shape index (κ3) is 4.90. The number of piperidine rings is 1. The summed E-state index contributed by atoms with van der Waals surface area (Å²) in [5.74, 6) is -0.0983. The van der Waals surface area contributed by atoms with Crippen molar-refractivity contribution < 1.29 is 9.90 Å². The lowest BCUT2D eigenvalue weighted by Gasteiger charge is -2.33. The Morgan fingerprint density at radius 2 is 1.64 bits per heavy atom. The first-order valence-electron chi connectivity index (χ1n) is 14.3. The molecule has 210 valence electrons. The molecule has 0 bridgehead atoms. The SMILES string of the molecule is O=C(O)c1ccc2c(c1)CN(c1ccccc1)C(c1ccc(CN3CCC(n4c(=O)[nH]c5ccccc54)CC3)cc1)=N2. The number of para-hydroxylation sites is 3. The molecule has 0 aliphatic carbocycles. The van der Waals surface area contributed by atoms with Crippen molar-refractivity contribution in [2.24, 2.45) is 4.99 Å². The summed E-state index contributed by atoms with van der Waals surface area (Å²) in [6.45, 7) is 3.25. The number of nitrogens with zero attached hydrogens (tertiary/aromatic N) is 4. The van der Waals surface area contributed by atoms with Gasteiger partial charge in [0, 0.05) is 36.9 Å². The van der Waals surface area contributed by atoms with Crippen LogP contribution in [0.5, 0.6) is 0 Å². The van der Waals surface area contributed by atoms with Crippen LogP contribution in [0.1, 0.15) is 45.9 Å².